The summed E-state index contributed by atoms with van der Waals surface area (Å²) in [7, 11) is 0. The SMILES string of the molecule is CCNC(=O)C(Cc1ccccc1)N(Cc1ccc(C)cc1)C(=O)CSCc1ccccc1F. The van der Waals surface area contributed by atoms with Gasteiger partial charge in [0.1, 0.15) is 11.9 Å². The van der Waals surface area contributed by atoms with E-state index in [1.54, 1.807) is 23.1 Å². The summed E-state index contributed by atoms with van der Waals surface area (Å²) < 4.78 is 14.0. The van der Waals surface area contributed by atoms with Gasteiger partial charge in [-0.15, -0.1) is 11.8 Å². The van der Waals surface area contributed by atoms with Crippen LogP contribution in [-0.2, 0) is 28.3 Å². The maximum Gasteiger partial charge on any atom is 0.243 e. The van der Waals surface area contributed by atoms with Gasteiger partial charge in [0.05, 0.1) is 5.75 Å². The fraction of sp³-hybridized carbons (Fsp3) is 0.286. The molecular formula is C28H31FN2O2S. The molecule has 34 heavy (non-hydrogen) atoms. The lowest BCUT2D eigenvalue weighted by molar-refractivity contribution is -0.139. The molecule has 0 bridgehead atoms. The molecule has 0 saturated heterocycles. The Kier molecular flexibility index (Phi) is 9.71. The molecule has 0 heterocycles. The summed E-state index contributed by atoms with van der Waals surface area (Å²) in [5, 5.41) is 2.90. The lowest BCUT2D eigenvalue weighted by Crippen LogP contribution is -2.51. The highest BCUT2D eigenvalue weighted by molar-refractivity contribution is 7.99. The number of nitrogens with one attached hydrogen (secondary N) is 1. The first kappa shape index (κ1) is 25.5. The number of likely N-dealkylation sites (N-methyl/N-ethyl adjacent to an activating group) is 1. The number of aryl methyl sites for hydroxylation is 1. The van der Waals surface area contributed by atoms with Gasteiger partial charge in [0.2, 0.25) is 11.8 Å². The van der Waals surface area contributed by atoms with Crippen molar-refractivity contribution in [1.29, 1.82) is 0 Å². The molecule has 1 atom stereocenters. The van der Waals surface area contributed by atoms with Crippen LogP contribution >= 0.6 is 11.8 Å². The van der Waals surface area contributed by atoms with Gasteiger partial charge in [0.25, 0.3) is 0 Å². The number of nitrogens with zero attached hydrogens (tertiary/aromatic N) is 1. The molecule has 3 rings (SSSR count). The molecule has 178 valence electrons. The number of carbonyl (C=O) groups is 2. The number of thioether (sulfide) groups is 1. The standard InChI is InChI=1S/C28H31FN2O2S/c1-3-30-28(33)26(17-22-9-5-4-6-10-22)31(18-23-15-13-21(2)14-16-23)27(32)20-34-19-24-11-7-8-12-25(24)29/h4-16,26H,3,17-20H2,1-2H3,(H,30,33). The van der Waals surface area contributed by atoms with E-state index >= 15 is 0 Å². The van der Waals surface area contributed by atoms with Crippen LogP contribution in [0.15, 0.2) is 78.9 Å². The second-order valence-electron chi connectivity index (χ2n) is 8.19. The van der Waals surface area contributed by atoms with Crippen molar-refractivity contribution in [2.75, 3.05) is 12.3 Å². The molecule has 0 fully saturated rings. The number of amides is 2. The van der Waals surface area contributed by atoms with E-state index in [1.165, 1.54) is 17.8 Å². The average molecular weight is 479 g/mol. The topological polar surface area (TPSA) is 49.4 Å². The van der Waals surface area contributed by atoms with E-state index in [0.717, 1.165) is 16.7 Å². The molecular weight excluding hydrogens is 447 g/mol. The summed E-state index contributed by atoms with van der Waals surface area (Å²) in [6.45, 7) is 4.69. The minimum atomic E-state index is -0.648. The molecule has 0 spiro atoms. The fourth-order valence-electron chi connectivity index (χ4n) is 3.68. The lowest BCUT2D eigenvalue weighted by Gasteiger charge is -2.31. The summed E-state index contributed by atoms with van der Waals surface area (Å²) in [6.07, 6.45) is 0.419. The second kappa shape index (κ2) is 12.9. The number of hydrogen-bond acceptors (Lipinski definition) is 3. The van der Waals surface area contributed by atoms with E-state index in [-0.39, 0.29) is 23.4 Å². The Bertz CT molecular complexity index is 1070. The second-order valence-corrected chi connectivity index (χ2v) is 9.18. The Morgan fingerprint density at radius 3 is 2.29 bits per heavy atom. The van der Waals surface area contributed by atoms with Gasteiger partial charge in [-0.3, -0.25) is 9.59 Å². The number of carbonyl (C=O) groups excluding carboxylic acids is 2. The van der Waals surface area contributed by atoms with Gasteiger partial charge in [-0.2, -0.15) is 0 Å². The molecule has 0 aliphatic heterocycles. The van der Waals surface area contributed by atoms with Gasteiger partial charge in [-0.25, -0.2) is 4.39 Å². The summed E-state index contributed by atoms with van der Waals surface area (Å²) in [5.74, 6) is -0.0464. The molecule has 6 heteroatoms. The smallest absolute Gasteiger partial charge is 0.243 e. The highest BCUT2D eigenvalue weighted by atomic mass is 32.2. The van der Waals surface area contributed by atoms with Gasteiger partial charge >= 0.3 is 0 Å². The predicted octanol–water partition coefficient (Wildman–Crippen LogP) is 5.14. The minimum absolute atomic E-state index is 0.144. The minimum Gasteiger partial charge on any atom is -0.355 e. The van der Waals surface area contributed by atoms with Crippen LogP contribution in [0.25, 0.3) is 0 Å². The van der Waals surface area contributed by atoms with Crippen LogP contribution in [0.2, 0.25) is 0 Å². The zero-order valence-electron chi connectivity index (χ0n) is 19.7. The predicted molar refractivity (Wildman–Crippen MR) is 137 cm³/mol. The molecule has 3 aromatic carbocycles. The Labute approximate surface area is 205 Å². The first-order valence-corrected chi connectivity index (χ1v) is 12.6. The number of benzene rings is 3. The first-order chi connectivity index (χ1) is 16.5. The average Bonchev–Trinajstić information content (AvgIpc) is 2.84. The van der Waals surface area contributed by atoms with Crippen molar-refractivity contribution in [2.45, 2.75) is 38.6 Å². The van der Waals surface area contributed by atoms with Crippen molar-refractivity contribution in [2.24, 2.45) is 0 Å². The third-order valence-corrected chi connectivity index (χ3v) is 6.50. The Morgan fingerprint density at radius 1 is 0.941 bits per heavy atom. The van der Waals surface area contributed by atoms with Crippen molar-refractivity contribution in [3.8, 4) is 0 Å². The number of hydrogen-bond donors (Lipinski definition) is 1. The molecule has 0 aliphatic carbocycles. The van der Waals surface area contributed by atoms with Crippen molar-refractivity contribution >= 4 is 23.6 Å². The molecule has 0 saturated carbocycles. The lowest BCUT2D eigenvalue weighted by atomic mass is 10.0. The highest BCUT2D eigenvalue weighted by Gasteiger charge is 2.30. The summed E-state index contributed by atoms with van der Waals surface area (Å²) in [5.41, 5.74) is 3.64. The quantitative estimate of drug-likeness (QED) is 0.415. The summed E-state index contributed by atoms with van der Waals surface area (Å²) in [6, 6.07) is 23.6. The number of rotatable bonds is 11. The molecule has 3 aromatic rings. The zero-order valence-corrected chi connectivity index (χ0v) is 20.5. The van der Waals surface area contributed by atoms with E-state index in [9.17, 15) is 14.0 Å². The summed E-state index contributed by atoms with van der Waals surface area (Å²) in [4.78, 5) is 28.2. The van der Waals surface area contributed by atoms with E-state index in [1.807, 2.05) is 68.4 Å². The highest BCUT2D eigenvalue weighted by Crippen LogP contribution is 2.20. The molecule has 0 aromatic heterocycles. The van der Waals surface area contributed by atoms with E-state index < -0.39 is 6.04 Å². The Morgan fingerprint density at radius 2 is 1.62 bits per heavy atom. The largest absolute Gasteiger partial charge is 0.355 e. The van der Waals surface area contributed by atoms with Crippen molar-refractivity contribution < 1.29 is 14.0 Å². The third-order valence-electron chi connectivity index (χ3n) is 5.54. The van der Waals surface area contributed by atoms with Gasteiger partial charge in [0.15, 0.2) is 0 Å². The normalized spacial score (nSPS) is 11.6. The van der Waals surface area contributed by atoms with Gasteiger partial charge in [-0.05, 0) is 36.6 Å². The molecule has 0 aliphatic rings. The maximum absolute atomic E-state index is 14.0. The molecule has 4 nitrogen and oxygen atoms in total. The number of halogens is 1. The van der Waals surface area contributed by atoms with Crippen LogP contribution in [0.3, 0.4) is 0 Å². The van der Waals surface area contributed by atoms with Gasteiger partial charge in [-0.1, -0.05) is 78.4 Å². The fourth-order valence-corrected chi connectivity index (χ4v) is 4.58. The molecule has 1 unspecified atom stereocenters. The Balaban J connectivity index is 1.82. The van der Waals surface area contributed by atoms with E-state index in [4.69, 9.17) is 0 Å². The van der Waals surface area contributed by atoms with E-state index in [0.29, 0.717) is 30.8 Å². The van der Waals surface area contributed by atoms with Crippen LogP contribution in [0.1, 0.15) is 29.2 Å². The van der Waals surface area contributed by atoms with Crippen LogP contribution in [0.5, 0.6) is 0 Å². The zero-order chi connectivity index (χ0) is 24.3. The van der Waals surface area contributed by atoms with Crippen LogP contribution in [0.4, 0.5) is 4.39 Å². The molecule has 1 N–H and O–H groups in total. The first-order valence-electron chi connectivity index (χ1n) is 11.5. The van der Waals surface area contributed by atoms with Crippen molar-refractivity contribution in [3.05, 3.63) is 107 Å². The third kappa shape index (κ3) is 7.45. The van der Waals surface area contributed by atoms with Gasteiger partial charge in [0, 0.05) is 25.3 Å². The van der Waals surface area contributed by atoms with Crippen LogP contribution in [0, 0.1) is 12.7 Å². The Hall–Kier alpha value is -3.12. The van der Waals surface area contributed by atoms with Crippen molar-refractivity contribution in [3.63, 3.8) is 0 Å². The molecule has 0 radical (unpaired) electrons. The van der Waals surface area contributed by atoms with E-state index in [2.05, 4.69) is 5.32 Å². The van der Waals surface area contributed by atoms with Crippen LogP contribution in [-0.4, -0.2) is 35.1 Å². The van der Waals surface area contributed by atoms with Crippen LogP contribution < -0.4 is 5.32 Å². The monoisotopic (exact) mass is 478 g/mol. The van der Waals surface area contributed by atoms with Crippen molar-refractivity contribution in [1.82, 2.24) is 10.2 Å². The summed E-state index contributed by atoms with van der Waals surface area (Å²) >= 11 is 1.36. The maximum atomic E-state index is 14.0. The van der Waals surface area contributed by atoms with Gasteiger partial charge < -0.3 is 10.2 Å². The molecule has 2 amide bonds.